The number of phenolic OH excluding ortho intramolecular Hbond substituents is 1. The van der Waals surface area contributed by atoms with Gasteiger partial charge < -0.3 is 19.7 Å². The molecule has 7 aliphatic rings. The summed E-state index contributed by atoms with van der Waals surface area (Å²) < 4.78 is 13.5. The highest BCUT2D eigenvalue weighted by Gasteiger charge is 2.81. The maximum Gasteiger partial charge on any atom is 0.165 e. The molecular formula is C30H44ClNO4. The summed E-state index contributed by atoms with van der Waals surface area (Å²) in [6, 6.07) is 4.49. The van der Waals surface area contributed by atoms with E-state index in [1.165, 1.54) is 30.5 Å². The van der Waals surface area contributed by atoms with Crippen LogP contribution in [0.15, 0.2) is 12.1 Å². The Hall–Kier alpha value is -1.01. The molecule has 7 atom stereocenters. The third kappa shape index (κ3) is 2.95. The van der Waals surface area contributed by atoms with Crippen LogP contribution >= 0.6 is 12.4 Å². The van der Waals surface area contributed by atoms with Crippen molar-refractivity contribution in [2.45, 2.75) is 107 Å². The maximum atomic E-state index is 12.1. The average Bonchev–Trinajstić information content (AvgIpc) is 3.57. The van der Waals surface area contributed by atoms with Gasteiger partial charge in [0.1, 0.15) is 11.7 Å². The third-order valence-corrected chi connectivity index (χ3v) is 11.6. The van der Waals surface area contributed by atoms with Gasteiger partial charge in [-0.2, -0.15) is 0 Å². The van der Waals surface area contributed by atoms with Crippen molar-refractivity contribution in [1.29, 1.82) is 0 Å². The van der Waals surface area contributed by atoms with E-state index < -0.39 is 11.2 Å². The van der Waals surface area contributed by atoms with Gasteiger partial charge in [-0.3, -0.25) is 4.90 Å². The third-order valence-electron chi connectivity index (χ3n) is 11.6. The maximum absolute atomic E-state index is 12.1. The minimum absolute atomic E-state index is 0. The molecule has 1 saturated heterocycles. The number of fused-ring (bicyclic) bond motifs is 2. The van der Waals surface area contributed by atoms with Gasteiger partial charge in [0.15, 0.2) is 11.5 Å². The topological polar surface area (TPSA) is 62.2 Å². The molecule has 5 fully saturated rings. The largest absolute Gasteiger partial charge is 0.504 e. The zero-order chi connectivity index (χ0) is 24.4. The van der Waals surface area contributed by atoms with E-state index in [-0.39, 0.29) is 41.0 Å². The van der Waals surface area contributed by atoms with Gasteiger partial charge in [0.05, 0.1) is 5.60 Å². The number of likely N-dealkylation sites (tertiary alicyclic amines) is 1. The van der Waals surface area contributed by atoms with Crippen molar-refractivity contribution in [2.75, 3.05) is 20.2 Å². The summed E-state index contributed by atoms with van der Waals surface area (Å²) >= 11 is 0. The zero-order valence-electron chi connectivity index (χ0n) is 22.4. The fourth-order valence-corrected chi connectivity index (χ4v) is 9.88. The number of phenols is 1. The normalized spacial score (nSPS) is 41.4. The lowest BCUT2D eigenvalue weighted by molar-refractivity contribution is -0.303. The summed E-state index contributed by atoms with van der Waals surface area (Å²) in [4.78, 5) is 2.83. The first-order valence-electron chi connectivity index (χ1n) is 14.2. The van der Waals surface area contributed by atoms with E-state index >= 15 is 0 Å². The number of methoxy groups -OCH3 is 1. The Kier molecular flexibility index (Phi) is 5.62. The summed E-state index contributed by atoms with van der Waals surface area (Å²) in [6.45, 7) is 8.87. The minimum Gasteiger partial charge on any atom is -0.504 e. The second-order valence-corrected chi connectivity index (χ2v) is 13.7. The van der Waals surface area contributed by atoms with Gasteiger partial charge in [-0.25, -0.2) is 0 Å². The molecule has 4 saturated carbocycles. The van der Waals surface area contributed by atoms with Crippen molar-refractivity contribution in [3.05, 3.63) is 23.3 Å². The second-order valence-electron chi connectivity index (χ2n) is 13.7. The van der Waals surface area contributed by atoms with Crippen LogP contribution < -0.4 is 4.74 Å². The van der Waals surface area contributed by atoms with Crippen LogP contribution in [0, 0.1) is 23.2 Å². The molecule has 6 heteroatoms. The highest BCUT2D eigenvalue weighted by Crippen LogP contribution is 2.77. The molecule has 36 heavy (non-hydrogen) atoms. The molecule has 0 radical (unpaired) electrons. The number of piperidine rings is 1. The number of rotatable bonds is 7. The predicted molar refractivity (Wildman–Crippen MR) is 142 cm³/mol. The molecule has 8 rings (SSSR count). The Balaban J connectivity index is 0.00000240. The number of benzene rings is 1. The Bertz CT molecular complexity index is 1060. The molecule has 2 aliphatic heterocycles. The highest BCUT2D eigenvalue weighted by molar-refractivity contribution is 5.85. The molecule has 5 nitrogen and oxygen atoms in total. The van der Waals surface area contributed by atoms with Crippen LogP contribution in [0.5, 0.6) is 11.5 Å². The lowest BCUT2D eigenvalue weighted by atomic mass is 9.33. The number of halogens is 1. The van der Waals surface area contributed by atoms with Crippen molar-refractivity contribution < 1.29 is 19.7 Å². The first-order valence-corrected chi connectivity index (χ1v) is 14.2. The Morgan fingerprint density at radius 1 is 1.22 bits per heavy atom. The highest BCUT2D eigenvalue weighted by atomic mass is 35.5. The molecule has 2 heterocycles. The number of hydrogen-bond acceptors (Lipinski definition) is 5. The van der Waals surface area contributed by atoms with Crippen molar-refractivity contribution in [3.8, 4) is 11.5 Å². The number of aromatic hydroxyl groups is 1. The SMILES string of the molecule is CO[C@]12CC[C@@]3(C[C@@H]1[C@@](C)(O)CCC(C)C)[C@H]1Cc4ccc(O)c5c4[C@@]3(CCN1CC1CC1)[C@H]2O5.Cl. The van der Waals surface area contributed by atoms with Gasteiger partial charge in [-0.15, -0.1) is 12.4 Å². The van der Waals surface area contributed by atoms with Crippen LogP contribution in [0.1, 0.15) is 83.3 Å². The van der Waals surface area contributed by atoms with Crippen molar-refractivity contribution in [1.82, 2.24) is 4.90 Å². The smallest absolute Gasteiger partial charge is 0.165 e. The van der Waals surface area contributed by atoms with Crippen LogP contribution in [-0.2, 0) is 16.6 Å². The number of nitrogens with zero attached hydrogens (tertiary/aromatic N) is 1. The lowest BCUT2D eigenvalue weighted by Crippen LogP contribution is -2.82. The second kappa shape index (κ2) is 8.00. The Labute approximate surface area is 222 Å². The summed E-state index contributed by atoms with van der Waals surface area (Å²) in [5.41, 5.74) is 1.25. The molecule has 200 valence electrons. The Morgan fingerprint density at radius 2 is 2.00 bits per heavy atom. The number of hydrogen-bond donors (Lipinski definition) is 2. The van der Waals surface area contributed by atoms with E-state index in [4.69, 9.17) is 9.47 Å². The number of ether oxygens (including phenoxy) is 2. The number of aliphatic hydroxyl groups is 1. The van der Waals surface area contributed by atoms with Crippen LogP contribution in [0.2, 0.25) is 0 Å². The van der Waals surface area contributed by atoms with E-state index in [2.05, 4.69) is 31.7 Å². The molecule has 0 amide bonds. The van der Waals surface area contributed by atoms with Crippen molar-refractivity contribution in [2.24, 2.45) is 23.2 Å². The van der Waals surface area contributed by atoms with Crippen LogP contribution in [0.4, 0.5) is 0 Å². The van der Waals surface area contributed by atoms with Gasteiger partial charge in [0, 0.05) is 42.0 Å². The fraction of sp³-hybridized carbons (Fsp3) is 0.800. The van der Waals surface area contributed by atoms with E-state index in [9.17, 15) is 10.2 Å². The lowest BCUT2D eigenvalue weighted by Gasteiger charge is -2.75. The molecule has 2 N–H and O–H groups in total. The van der Waals surface area contributed by atoms with Crippen molar-refractivity contribution >= 4 is 12.4 Å². The van der Waals surface area contributed by atoms with Gasteiger partial charge in [0.25, 0.3) is 0 Å². The van der Waals surface area contributed by atoms with Crippen LogP contribution in [0.25, 0.3) is 0 Å². The average molecular weight is 518 g/mol. The van der Waals surface area contributed by atoms with E-state index in [1.807, 2.05) is 13.2 Å². The minimum atomic E-state index is -0.814. The molecule has 0 aromatic heterocycles. The molecule has 5 aliphatic carbocycles. The van der Waals surface area contributed by atoms with Gasteiger partial charge in [0.2, 0.25) is 0 Å². The fourth-order valence-electron chi connectivity index (χ4n) is 9.88. The van der Waals surface area contributed by atoms with E-state index in [1.54, 1.807) is 0 Å². The molecular weight excluding hydrogens is 474 g/mol. The van der Waals surface area contributed by atoms with Gasteiger partial charge in [-0.1, -0.05) is 19.9 Å². The van der Waals surface area contributed by atoms with Gasteiger partial charge in [-0.05, 0) is 94.7 Å². The van der Waals surface area contributed by atoms with Crippen LogP contribution in [-0.4, -0.2) is 58.7 Å². The summed E-state index contributed by atoms with van der Waals surface area (Å²) in [5.74, 6) is 2.43. The summed E-state index contributed by atoms with van der Waals surface area (Å²) in [5, 5.41) is 23.1. The summed E-state index contributed by atoms with van der Waals surface area (Å²) in [6.07, 6.45) is 9.55. The monoisotopic (exact) mass is 517 g/mol. The molecule has 2 spiro atoms. The standard InChI is InChI=1S/C30H43NO4.ClH/c1-18(2)9-10-27(3,33)22-16-28-11-12-30(22,34-4)26-29(28)13-14-31(17-19-5-6-19)23(28)15-20-7-8-21(32)25(35-26)24(20)29;/h7-8,18-19,22-23,26,32-33H,5-6,9-17H2,1-4H3;1H/t22-,23-,26-,27+,28-,29+,30-;/m1./s1. The predicted octanol–water partition coefficient (Wildman–Crippen LogP) is 5.23. The molecule has 1 aromatic carbocycles. The van der Waals surface area contributed by atoms with Gasteiger partial charge >= 0.3 is 0 Å². The Morgan fingerprint density at radius 3 is 2.69 bits per heavy atom. The van der Waals surface area contributed by atoms with E-state index in [0.717, 1.165) is 63.2 Å². The first kappa shape index (κ1) is 25.3. The molecule has 0 unspecified atom stereocenters. The molecule has 1 aromatic rings. The zero-order valence-corrected chi connectivity index (χ0v) is 23.2. The summed E-state index contributed by atoms with van der Waals surface area (Å²) in [7, 11) is 1.84. The first-order chi connectivity index (χ1) is 16.7. The van der Waals surface area contributed by atoms with E-state index in [0.29, 0.717) is 12.0 Å². The quantitative estimate of drug-likeness (QED) is 0.519. The molecule has 4 bridgehead atoms. The van der Waals surface area contributed by atoms with Crippen molar-refractivity contribution in [3.63, 3.8) is 0 Å². The van der Waals surface area contributed by atoms with Crippen LogP contribution in [0.3, 0.4) is 0 Å².